The van der Waals surface area contributed by atoms with E-state index in [1.165, 1.54) is 12.1 Å². The first-order valence-corrected chi connectivity index (χ1v) is 6.39. The molecule has 0 amide bonds. The van der Waals surface area contributed by atoms with E-state index >= 15 is 0 Å². The smallest absolute Gasteiger partial charge is 0.123 e. The molecule has 86 valence electrons. The van der Waals surface area contributed by atoms with Gasteiger partial charge in [-0.15, -0.1) is 0 Å². The van der Waals surface area contributed by atoms with E-state index in [0.29, 0.717) is 22.5 Å². The van der Waals surface area contributed by atoms with Crippen molar-refractivity contribution < 1.29 is 4.39 Å². The lowest BCUT2D eigenvalue weighted by atomic mass is 10.1. The summed E-state index contributed by atoms with van der Waals surface area (Å²) in [6, 6.07) is 6.43. The van der Waals surface area contributed by atoms with Gasteiger partial charge in [-0.25, -0.2) is 4.39 Å². The Labute approximate surface area is 101 Å². The Kier molecular flexibility index (Phi) is 4.82. The maximum Gasteiger partial charge on any atom is 0.123 e. The minimum Gasteiger partial charge on any atom is -0.207 e. The molecule has 0 aliphatic carbocycles. The van der Waals surface area contributed by atoms with Gasteiger partial charge in [0.2, 0.25) is 0 Å². The molecule has 0 N–H and O–H groups in total. The van der Waals surface area contributed by atoms with Gasteiger partial charge in [-0.05, 0) is 29.7 Å². The van der Waals surface area contributed by atoms with E-state index in [4.69, 9.17) is 5.26 Å². The van der Waals surface area contributed by atoms with Crippen molar-refractivity contribution in [3.8, 4) is 6.07 Å². The number of halogens is 1. The number of thioether (sulfide) groups is 1. The third kappa shape index (κ3) is 3.53. The van der Waals surface area contributed by atoms with Crippen molar-refractivity contribution >= 4 is 11.8 Å². The summed E-state index contributed by atoms with van der Waals surface area (Å²) in [4.78, 5) is 0. The van der Waals surface area contributed by atoms with Gasteiger partial charge >= 0.3 is 0 Å². The zero-order valence-electron chi connectivity index (χ0n) is 9.83. The number of nitriles is 1. The Morgan fingerprint density at radius 3 is 2.62 bits per heavy atom. The van der Waals surface area contributed by atoms with Gasteiger partial charge < -0.3 is 0 Å². The van der Waals surface area contributed by atoms with Crippen LogP contribution in [0.4, 0.5) is 4.39 Å². The van der Waals surface area contributed by atoms with Gasteiger partial charge in [-0.1, -0.05) is 20.8 Å². The number of nitrogens with zero attached hydrogens (tertiary/aromatic N) is 1. The average molecular weight is 237 g/mol. The van der Waals surface area contributed by atoms with Crippen molar-refractivity contribution in [1.82, 2.24) is 0 Å². The maximum absolute atomic E-state index is 13.0. The quantitative estimate of drug-likeness (QED) is 0.791. The molecule has 16 heavy (non-hydrogen) atoms. The zero-order chi connectivity index (χ0) is 12.1. The molecule has 0 aromatic heterocycles. The van der Waals surface area contributed by atoms with Gasteiger partial charge in [0.1, 0.15) is 5.82 Å². The summed E-state index contributed by atoms with van der Waals surface area (Å²) in [5, 5.41) is 9.41. The molecule has 1 atom stereocenters. The highest BCUT2D eigenvalue weighted by atomic mass is 32.2. The molecule has 0 bridgehead atoms. The van der Waals surface area contributed by atoms with E-state index in [1.807, 2.05) is 0 Å². The Bertz CT molecular complexity index is 395. The minimum absolute atomic E-state index is 0.271. The van der Waals surface area contributed by atoms with Crippen LogP contribution in [0.15, 0.2) is 18.2 Å². The Hall–Kier alpha value is -1.01. The van der Waals surface area contributed by atoms with E-state index in [0.717, 1.165) is 5.56 Å². The molecular weight excluding hydrogens is 221 g/mol. The summed E-state index contributed by atoms with van der Waals surface area (Å²) in [5.74, 6) is 1.01. The van der Waals surface area contributed by atoms with Crippen LogP contribution in [0.2, 0.25) is 0 Å². The van der Waals surface area contributed by atoms with E-state index in [9.17, 15) is 4.39 Å². The molecule has 0 fully saturated rings. The lowest BCUT2D eigenvalue weighted by Gasteiger charge is -2.15. The molecule has 0 heterocycles. The third-order valence-corrected chi connectivity index (χ3v) is 4.18. The highest BCUT2D eigenvalue weighted by Gasteiger charge is 2.10. The number of rotatable bonds is 4. The summed E-state index contributed by atoms with van der Waals surface area (Å²) in [6.07, 6.45) is 0. The van der Waals surface area contributed by atoms with Crippen molar-refractivity contribution in [2.24, 2.45) is 5.92 Å². The monoisotopic (exact) mass is 237 g/mol. The van der Waals surface area contributed by atoms with Gasteiger partial charge in [0, 0.05) is 11.0 Å². The van der Waals surface area contributed by atoms with Crippen molar-refractivity contribution in [1.29, 1.82) is 5.26 Å². The predicted molar refractivity (Wildman–Crippen MR) is 66.7 cm³/mol. The predicted octanol–water partition coefficient (Wildman–Crippen LogP) is 3.98. The maximum atomic E-state index is 13.0. The largest absolute Gasteiger partial charge is 0.207 e. The zero-order valence-corrected chi connectivity index (χ0v) is 10.6. The lowest BCUT2D eigenvalue weighted by Crippen LogP contribution is -2.06. The van der Waals surface area contributed by atoms with Crippen molar-refractivity contribution in [2.45, 2.75) is 31.8 Å². The van der Waals surface area contributed by atoms with Gasteiger partial charge in [-0.3, -0.25) is 0 Å². The summed E-state index contributed by atoms with van der Waals surface area (Å²) in [7, 11) is 0. The van der Waals surface area contributed by atoms with Gasteiger partial charge in [0.25, 0.3) is 0 Å². The van der Waals surface area contributed by atoms with Crippen LogP contribution in [-0.2, 0) is 5.75 Å². The first-order chi connectivity index (χ1) is 7.54. The lowest BCUT2D eigenvalue weighted by molar-refractivity contribution is 0.626. The Morgan fingerprint density at radius 2 is 2.06 bits per heavy atom. The fraction of sp³-hybridized carbons (Fsp3) is 0.462. The first kappa shape index (κ1) is 13.1. The van der Waals surface area contributed by atoms with Crippen LogP contribution < -0.4 is 0 Å². The molecule has 1 nitrogen and oxygen atoms in total. The van der Waals surface area contributed by atoms with Crippen LogP contribution in [0.25, 0.3) is 0 Å². The van der Waals surface area contributed by atoms with Crippen LogP contribution in [0.1, 0.15) is 31.9 Å². The van der Waals surface area contributed by atoms with Crippen LogP contribution in [-0.4, -0.2) is 5.25 Å². The van der Waals surface area contributed by atoms with E-state index < -0.39 is 0 Å². The molecule has 1 rings (SSSR count). The summed E-state index contributed by atoms with van der Waals surface area (Å²) < 4.78 is 13.0. The average Bonchev–Trinajstić information content (AvgIpc) is 2.25. The topological polar surface area (TPSA) is 23.8 Å². The summed E-state index contributed by atoms with van der Waals surface area (Å²) >= 11 is 1.76. The summed E-state index contributed by atoms with van der Waals surface area (Å²) in [5.41, 5.74) is 1.37. The fourth-order valence-electron chi connectivity index (χ4n) is 1.20. The fourth-order valence-corrected chi connectivity index (χ4v) is 2.27. The highest BCUT2D eigenvalue weighted by molar-refractivity contribution is 7.99. The van der Waals surface area contributed by atoms with Crippen molar-refractivity contribution in [2.75, 3.05) is 0 Å². The second-order valence-electron chi connectivity index (χ2n) is 4.17. The molecule has 0 radical (unpaired) electrons. The molecule has 0 saturated heterocycles. The second kappa shape index (κ2) is 5.91. The van der Waals surface area contributed by atoms with Crippen LogP contribution in [0, 0.1) is 23.1 Å². The van der Waals surface area contributed by atoms with Crippen LogP contribution >= 0.6 is 11.8 Å². The first-order valence-electron chi connectivity index (χ1n) is 5.34. The molecule has 0 aliphatic heterocycles. The van der Waals surface area contributed by atoms with Gasteiger partial charge in [0.05, 0.1) is 11.6 Å². The Morgan fingerprint density at radius 1 is 1.38 bits per heavy atom. The molecule has 1 aromatic rings. The third-order valence-electron chi connectivity index (χ3n) is 2.63. The molecule has 1 aromatic carbocycles. The standard InChI is InChI=1S/C13H16FNS/c1-9(2)10(3)16-8-12-6-13(14)5-4-11(12)7-15/h4-6,9-10H,8H2,1-3H3. The SMILES string of the molecule is CC(C)C(C)SCc1cc(F)ccc1C#N. The molecule has 1 unspecified atom stereocenters. The van der Waals surface area contributed by atoms with Gasteiger partial charge in [0.15, 0.2) is 0 Å². The molecule has 3 heteroatoms. The number of hydrogen-bond donors (Lipinski definition) is 0. The molecular formula is C13H16FNS. The van der Waals surface area contributed by atoms with Crippen molar-refractivity contribution in [3.05, 3.63) is 35.1 Å². The van der Waals surface area contributed by atoms with E-state index in [1.54, 1.807) is 17.8 Å². The summed E-state index contributed by atoms with van der Waals surface area (Å²) in [6.45, 7) is 6.48. The number of benzene rings is 1. The van der Waals surface area contributed by atoms with Gasteiger partial charge in [-0.2, -0.15) is 17.0 Å². The van der Waals surface area contributed by atoms with Crippen molar-refractivity contribution in [3.63, 3.8) is 0 Å². The molecule has 0 aliphatic rings. The number of hydrogen-bond acceptors (Lipinski definition) is 2. The van der Waals surface area contributed by atoms with E-state index in [-0.39, 0.29) is 5.82 Å². The minimum atomic E-state index is -0.271. The molecule has 0 saturated carbocycles. The Balaban J connectivity index is 2.73. The van der Waals surface area contributed by atoms with E-state index in [2.05, 4.69) is 26.8 Å². The van der Waals surface area contributed by atoms with Crippen LogP contribution in [0.3, 0.4) is 0 Å². The second-order valence-corrected chi connectivity index (χ2v) is 5.54. The normalized spacial score (nSPS) is 12.5. The van der Waals surface area contributed by atoms with Crippen LogP contribution in [0.5, 0.6) is 0 Å². The highest BCUT2D eigenvalue weighted by Crippen LogP contribution is 2.25. The molecule has 0 spiro atoms.